The Kier molecular flexibility index (Phi) is 5.25. The van der Waals surface area contributed by atoms with Gasteiger partial charge in [-0.3, -0.25) is 0 Å². The summed E-state index contributed by atoms with van der Waals surface area (Å²) in [6, 6.07) is 1.97. The number of rotatable bonds is 3. The molecule has 0 bridgehead atoms. The van der Waals surface area contributed by atoms with Crippen LogP contribution in [0.3, 0.4) is 0 Å². The van der Waals surface area contributed by atoms with Gasteiger partial charge in [0, 0.05) is 11.8 Å². The normalized spacial score (nSPS) is 14.9. The topological polar surface area (TPSA) is 29.4 Å². The molecule has 2 nitrogen and oxygen atoms in total. The summed E-state index contributed by atoms with van der Waals surface area (Å²) in [5.41, 5.74) is -2.12. The van der Waals surface area contributed by atoms with E-state index in [1.54, 1.807) is 20.8 Å². The second-order valence-corrected chi connectivity index (χ2v) is 7.22. The van der Waals surface area contributed by atoms with Gasteiger partial charge in [-0.1, -0.05) is 0 Å². The third-order valence-corrected chi connectivity index (χ3v) is 3.72. The van der Waals surface area contributed by atoms with Crippen LogP contribution in [-0.2, 0) is 17.2 Å². The van der Waals surface area contributed by atoms with E-state index in [0.29, 0.717) is 12.1 Å². The maximum Gasteiger partial charge on any atom is 0.416 e. The van der Waals surface area contributed by atoms with Crippen LogP contribution in [0.1, 0.15) is 43.9 Å². The van der Waals surface area contributed by atoms with Crippen LogP contribution < -0.4 is 0 Å². The molecule has 118 valence electrons. The molecule has 0 radical (unpaired) electrons. The zero-order valence-corrected chi connectivity index (χ0v) is 12.4. The standard InChI is InChI=1S/C13H14F5NOS/c1-12(2,3)21(20)19-7-8-4-9(11(14)15)6-10(5-8)13(16,17)18/h4-7,11H,1-3H3/t21-/m0/s1. The lowest BCUT2D eigenvalue weighted by Gasteiger charge is -2.13. The first-order valence-electron chi connectivity index (χ1n) is 5.87. The molecule has 0 fully saturated rings. The van der Waals surface area contributed by atoms with Crippen molar-refractivity contribution < 1.29 is 26.2 Å². The number of halogens is 5. The number of alkyl halides is 5. The van der Waals surface area contributed by atoms with Crippen LogP contribution in [0.5, 0.6) is 0 Å². The largest absolute Gasteiger partial charge is 0.416 e. The highest BCUT2D eigenvalue weighted by Gasteiger charge is 2.31. The summed E-state index contributed by atoms with van der Waals surface area (Å²) in [6.45, 7) is 4.91. The maximum absolute atomic E-state index is 12.7. The summed E-state index contributed by atoms with van der Waals surface area (Å²) in [6.07, 6.45) is -6.85. The fourth-order valence-corrected chi connectivity index (χ4v) is 1.84. The Morgan fingerprint density at radius 1 is 1.14 bits per heavy atom. The predicted molar refractivity (Wildman–Crippen MR) is 71.9 cm³/mol. The maximum atomic E-state index is 12.7. The van der Waals surface area contributed by atoms with Crippen LogP contribution in [0.4, 0.5) is 22.0 Å². The lowest BCUT2D eigenvalue weighted by molar-refractivity contribution is -0.137. The highest BCUT2D eigenvalue weighted by atomic mass is 32.2. The summed E-state index contributed by atoms with van der Waals surface area (Å²) in [5.74, 6) is 0. The van der Waals surface area contributed by atoms with Crippen LogP contribution in [-0.4, -0.2) is 15.2 Å². The van der Waals surface area contributed by atoms with E-state index < -0.39 is 39.5 Å². The Balaban J connectivity index is 3.21. The van der Waals surface area contributed by atoms with Crippen molar-refractivity contribution in [1.82, 2.24) is 0 Å². The van der Waals surface area contributed by atoms with Crippen molar-refractivity contribution in [2.45, 2.75) is 38.1 Å². The number of nitrogens with zero attached hydrogens (tertiary/aromatic N) is 1. The molecule has 0 aliphatic heterocycles. The first-order valence-corrected chi connectivity index (χ1v) is 6.98. The monoisotopic (exact) mass is 327 g/mol. The van der Waals surface area contributed by atoms with Gasteiger partial charge in [0.05, 0.1) is 10.3 Å². The molecule has 1 rings (SSSR count). The van der Waals surface area contributed by atoms with Crippen molar-refractivity contribution in [3.05, 3.63) is 34.9 Å². The quantitative estimate of drug-likeness (QED) is 0.593. The van der Waals surface area contributed by atoms with Crippen LogP contribution >= 0.6 is 0 Å². The first-order chi connectivity index (χ1) is 9.41. The first kappa shape index (κ1) is 17.7. The summed E-state index contributed by atoms with van der Waals surface area (Å²) in [4.78, 5) is 0. The molecule has 0 heterocycles. The molecule has 0 saturated carbocycles. The van der Waals surface area contributed by atoms with Gasteiger partial charge in [0.1, 0.15) is 11.0 Å². The Bertz CT molecular complexity index is 561. The molecule has 0 aliphatic carbocycles. The van der Waals surface area contributed by atoms with Gasteiger partial charge >= 0.3 is 6.18 Å². The van der Waals surface area contributed by atoms with E-state index in [0.717, 1.165) is 12.3 Å². The van der Waals surface area contributed by atoms with Crippen LogP contribution in [0.15, 0.2) is 22.6 Å². The average Bonchev–Trinajstić information content (AvgIpc) is 2.33. The lowest BCUT2D eigenvalue weighted by atomic mass is 10.1. The Hall–Kier alpha value is -1.31. The average molecular weight is 327 g/mol. The molecule has 8 heteroatoms. The highest BCUT2D eigenvalue weighted by Crippen LogP contribution is 2.32. The molecule has 1 aromatic carbocycles. The third-order valence-electron chi connectivity index (χ3n) is 2.38. The summed E-state index contributed by atoms with van der Waals surface area (Å²) in [5, 5.41) is 0. The molecule has 0 aromatic heterocycles. The Morgan fingerprint density at radius 3 is 2.14 bits per heavy atom. The van der Waals surface area contributed by atoms with E-state index in [4.69, 9.17) is 0 Å². The van der Waals surface area contributed by atoms with Gasteiger partial charge in [0.25, 0.3) is 6.43 Å². The molecule has 0 aliphatic rings. The zero-order chi connectivity index (χ0) is 16.4. The van der Waals surface area contributed by atoms with Gasteiger partial charge in [0.15, 0.2) is 0 Å². The highest BCUT2D eigenvalue weighted by molar-refractivity contribution is 7.85. The van der Waals surface area contributed by atoms with Crippen molar-refractivity contribution in [2.75, 3.05) is 0 Å². The molecule has 1 atom stereocenters. The van der Waals surface area contributed by atoms with Crippen molar-refractivity contribution in [2.24, 2.45) is 4.40 Å². The molecule has 21 heavy (non-hydrogen) atoms. The fraction of sp³-hybridized carbons (Fsp3) is 0.462. The Labute approximate surface area is 121 Å². The van der Waals surface area contributed by atoms with Gasteiger partial charge in [-0.25, -0.2) is 13.0 Å². The van der Waals surface area contributed by atoms with Crippen LogP contribution in [0.25, 0.3) is 0 Å². The van der Waals surface area contributed by atoms with Crippen molar-refractivity contribution in [3.63, 3.8) is 0 Å². The van der Waals surface area contributed by atoms with Gasteiger partial charge in [-0.05, 0) is 44.5 Å². The number of hydrogen-bond acceptors (Lipinski definition) is 1. The van der Waals surface area contributed by atoms with E-state index in [2.05, 4.69) is 4.40 Å². The minimum Gasteiger partial charge on any atom is -0.234 e. The smallest absolute Gasteiger partial charge is 0.234 e. The van der Waals surface area contributed by atoms with Gasteiger partial charge in [-0.2, -0.15) is 17.6 Å². The van der Waals surface area contributed by atoms with Crippen molar-refractivity contribution in [1.29, 1.82) is 0 Å². The van der Waals surface area contributed by atoms with Gasteiger partial charge in [0.2, 0.25) is 0 Å². The summed E-state index contributed by atoms with van der Waals surface area (Å²) >= 11 is 0. The van der Waals surface area contributed by atoms with E-state index in [1.165, 1.54) is 0 Å². The molecular weight excluding hydrogens is 313 g/mol. The van der Waals surface area contributed by atoms with E-state index in [-0.39, 0.29) is 5.56 Å². The fourth-order valence-electron chi connectivity index (χ4n) is 1.31. The van der Waals surface area contributed by atoms with Crippen molar-refractivity contribution >= 4 is 17.2 Å². The lowest BCUT2D eigenvalue weighted by Crippen LogP contribution is -2.19. The molecule has 0 spiro atoms. The molecule has 0 amide bonds. The molecule has 0 N–H and O–H groups in total. The summed E-state index contributed by atoms with van der Waals surface area (Å²) < 4.78 is 77.8. The zero-order valence-electron chi connectivity index (χ0n) is 11.5. The minimum absolute atomic E-state index is 0.169. The second kappa shape index (κ2) is 6.21. The number of hydrogen-bond donors (Lipinski definition) is 0. The van der Waals surface area contributed by atoms with E-state index >= 15 is 0 Å². The predicted octanol–water partition coefficient (Wildman–Crippen LogP) is 4.52. The molecule has 1 aromatic rings. The third kappa shape index (κ3) is 5.18. The second-order valence-electron chi connectivity index (χ2n) is 5.28. The van der Waals surface area contributed by atoms with Gasteiger partial charge in [-0.15, -0.1) is 0 Å². The molecule has 0 unspecified atom stereocenters. The van der Waals surface area contributed by atoms with Gasteiger partial charge < -0.3 is 0 Å². The van der Waals surface area contributed by atoms with E-state index in [9.17, 15) is 26.2 Å². The Morgan fingerprint density at radius 2 is 1.71 bits per heavy atom. The molecule has 0 saturated heterocycles. The summed E-state index contributed by atoms with van der Waals surface area (Å²) in [7, 11) is -1.68. The SMILES string of the molecule is CC(C)(C)[S@](=O)N=Cc1cc(C(F)F)cc(C(F)(F)F)c1. The van der Waals surface area contributed by atoms with Crippen LogP contribution in [0.2, 0.25) is 0 Å². The molecular formula is C13H14F5NOS. The van der Waals surface area contributed by atoms with Crippen molar-refractivity contribution in [3.8, 4) is 0 Å². The number of benzene rings is 1. The van der Waals surface area contributed by atoms with E-state index in [1.807, 2.05) is 0 Å². The minimum atomic E-state index is -4.74. The van der Waals surface area contributed by atoms with Crippen LogP contribution in [0, 0.1) is 0 Å².